The van der Waals surface area contributed by atoms with Gasteiger partial charge in [0.05, 0.1) is 34.4 Å². The van der Waals surface area contributed by atoms with Gasteiger partial charge in [0.25, 0.3) is 10.0 Å². The smallest absolute Gasteiger partial charge is 0.416 e. The van der Waals surface area contributed by atoms with E-state index in [1.807, 2.05) is 4.90 Å². The van der Waals surface area contributed by atoms with Gasteiger partial charge < -0.3 is 19.3 Å². The van der Waals surface area contributed by atoms with Crippen molar-refractivity contribution in [1.29, 1.82) is 0 Å². The van der Waals surface area contributed by atoms with Crippen LogP contribution in [0.4, 0.5) is 42.5 Å². The molecule has 3 aromatic rings. The van der Waals surface area contributed by atoms with Crippen molar-refractivity contribution in [3.8, 4) is 16.9 Å². The SMILES string of the molecule is CC(C)(C)OC(=O)N1CCN2c3ccc(-c4cc(F)cc(OC(F)F)c4)cc3N(S(=O)(=O)c3cccc(C(F)(F)F)c3)C[C@@H]2C1. The number of piperazine rings is 1. The Labute approximate surface area is 255 Å². The Bertz CT molecular complexity index is 1710. The van der Waals surface area contributed by atoms with Gasteiger partial charge in [-0.2, -0.15) is 22.0 Å². The number of carbonyl (C=O) groups is 1. The Kier molecular flexibility index (Phi) is 8.36. The maximum atomic E-state index is 14.4. The molecule has 0 aliphatic carbocycles. The standard InChI is InChI=1S/C30H29F6N3O5S/c1-29(2,3)44-28(40)37-9-10-38-22(16-37)17-39(45(41,42)24-6-4-5-20(14-24)30(34,35)36)26-13-18(7-8-25(26)38)19-11-21(31)15-23(12-19)43-27(32)33/h4-8,11-15,22,27H,9-10,16-17H2,1-3H3/t22-/m0/s1. The molecule has 2 aliphatic rings. The first-order chi connectivity index (χ1) is 20.9. The van der Waals surface area contributed by atoms with E-state index in [-0.39, 0.29) is 43.0 Å². The van der Waals surface area contributed by atoms with Crippen molar-refractivity contribution >= 4 is 27.5 Å². The van der Waals surface area contributed by atoms with Crippen molar-refractivity contribution in [2.75, 3.05) is 35.4 Å². The Hall–Kier alpha value is -4.14. The molecule has 0 saturated carbocycles. The van der Waals surface area contributed by atoms with Gasteiger partial charge in [-0.3, -0.25) is 4.31 Å². The highest BCUT2D eigenvalue weighted by molar-refractivity contribution is 7.92. The van der Waals surface area contributed by atoms with Gasteiger partial charge in [-0.25, -0.2) is 17.6 Å². The van der Waals surface area contributed by atoms with E-state index in [9.17, 15) is 39.6 Å². The van der Waals surface area contributed by atoms with Crippen molar-refractivity contribution in [3.05, 3.63) is 72.0 Å². The van der Waals surface area contributed by atoms with Crippen LogP contribution in [-0.4, -0.2) is 63.8 Å². The minimum Gasteiger partial charge on any atom is -0.444 e. The number of sulfonamides is 1. The maximum Gasteiger partial charge on any atom is 0.416 e. The van der Waals surface area contributed by atoms with Crippen LogP contribution in [0.2, 0.25) is 0 Å². The minimum absolute atomic E-state index is 0.0585. The van der Waals surface area contributed by atoms with E-state index >= 15 is 0 Å². The number of ether oxygens (including phenoxy) is 2. The number of carbonyl (C=O) groups excluding carboxylic acids is 1. The summed E-state index contributed by atoms with van der Waals surface area (Å²) in [5, 5.41) is 0. The zero-order chi connectivity index (χ0) is 32.9. The summed E-state index contributed by atoms with van der Waals surface area (Å²) in [6.07, 6.45) is -5.40. The molecule has 0 bridgehead atoms. The highest BCUT2D eigenvalue weighted by atomic mass is 32.2. The maximum absolute atomic E-state index is 14.4. The number of alkyl halides is 5. The number of rotatable bonds is 5. The molecule has 45 heavy (non-hydrogen) atoms. The van der Waals surface area contributed by atoms with Crippen molar-refractivity contribution < 1.29 is 49.0 Å². The Morgan fingerprint density at radius 2 is 1.64 bits per heavy atom. The highest BCUT2D eigenvalue weighted by Gasteiger charge is 2.42. The third-order valence-corrected chi connectivity index (χ3v) is 9.02. The molecule has 1 amide bonds. The number of fused-ring (bicyclic) bond motifs is 3. The van der Waals surface area contributed by atoms with Crippen molar-refractivity contribution in [2.45, 2.75) is 50.1 Å². The first-order valence-electron chi connectivity index (χ1n) is 13.8. The van der Waals surface area contributed by atoms with Crippen LogP contribution in [0.25, 0.3) is 11.1 Å². The fraction of sp³-hybridized carbons (Fsp3) is 0.367. The molecule has 0 N–H and O–H groups in total. The molecule has 2 aliphatic heterocycles. The fourth-order valence-electron chi connectivity index (χ4n) is 5.34. The number of anilines is 2. The summed E-state index contributed by atoms with van der Waals surface area (Å²) in [6, 6.07) is 10.2. The lowest BCUT2D eigenvalue weighted by Crippen LogP contribution is -2.61. The van der Waals surface area contributed by atoms with Crippen LogP contribution in [0.15, 0.2) is 65.6 Å². The lowest BCUT2D eigenvalue weighted by atomic mass is 10.00. The van der Waals surface area contributed by atoms with E-state index in [4.69, 9.17) is 4.74 Å². The largest absolute Gasteiger partial charge is 0.444 e. The summed E-state index contributed by atoms with van der Waals surface area (Å²) in [5.41, 5.74) is -1.12. The molecule has 1 saturated heterocycles. The monoisotopic (exact) mass is 657 g/mol. The Morgan fingerprint density at radius 1 is 0.911 bits per heavy atom. The van der Waals surface area contributed by atoms with Gasteiger partial charge in [0.15, 0.2) is 0 Å². The number of hydrogen-bond donors (Lipinski definition) is 0. The molecular weight excluding hydrogens is 628 g/mol. The molecule has 0 aromatic heterocycles. The third kappa shape index (κ3) is 6.92. The summed E-state index contributed by atoms with van der Waals surface area (Å²) in [4.78, 5) is 15.6. The number of benzene rings is 3. The van der Waals surface area contributed by atoms with Gasteiger partial charge in [-0.15, -0.1) is 0 Å². The van der Waals surface area contributed by atoms with E-state index in [1.54, 1.807) is 26.8 Å². The summed E-state index contributed by atoms with van der Waals surface area (Å²) < 4.78 is 120. The molecule has 15 heteroatoms. The van der Waals surface area contributed by atoms with Crippen molar-refractivity contribution in [1.82, 2.24) is 4.90 Å². The van der Waals surface area contributed by atoms with Gasteiger partial charge in [-0.05, 0) is 74.4 Å². The first-order valence-corrected chi connectivity index (χ1v) is 15.2. The van der Waals surface area contributed by atoms with Crippen LogP contribution in [0.3, 0.4) is 0 Å². The van der Waals surface area contributed by atoms with E-state index in [2.05, 4.69) is 4.74 Å². The first kappa shape index (κ1) is 32.3. The third-order valence-electron chi connectivity index (χ3n) is 7.24. The molecule has 0 unspecified atom stereocenters. The zero-order valence-electron chi connectivity index (χ0n) is 24.3. The fourth-order valence-corrected chi connectivity index (χ4v) is 6.90. The predicted molar refractivity (Wildman–Crippen MR) is 153 cm³/mol. The summed E-state index contributed by atoms with van der Waals surface area (Å²) in [6.45, 7) is 2.24. The molecule has 1 fully saturated rings. The van der Waals surface area contributed by atoms with Crippen LogP contribution in [0.5, 0.6) is 5.75 Å². The number of hydrogen-bond acceptors (Lipinski definition) is 6. The second kappa shape index (κ2) is 11.7. The van der Waals surface area contributed by atoms with Gasteiger partial charge in [0.1, 0.15) is 17.2 Å². The normalized spacial score (nSPS) is 17.2. The number of amides is 1. The van der Waals surface area contributed by atoms with Crippen molar-refractivity contribution in [3.63, 3.8) is 0 Å². The van der Waals surface area contributed by atoms with Gasteiger partial charge in [0.2, 0.25) is 0 Å². The molecule has 5 rings (SSSR count). The molecule has 8 nitrogen and oxygen atoms in total. The quantitative estimate of drug-likeness (QED) is 0.283. The average Bonchev–Trinajstić information content (AvgIpc) is 2.94. The van der Waals surface area contributed by atoms with Crippen molar-refractivity contribution in [2.24, 2.45) is 0 Å². The summed E-state index contributed by atoms with van der Waals surface area (Å²) >= 11 is 0. The molecule has 1 atom stereocenters. The summed E-state index contributed by atoms with van der Waals surface area (Å²) in [7, 11) is -4.63. The number of halogens is 6. The minimum atomic E-state index is -4.80. The number of nitrogens with zero attached hydrogens (tertiary/aromatic N) is 3. The van der Waals surface area contributed by atoms with Gasteiger partial charge in [-0.1, -0.05) is 12.1 Å². The predicted octanol–water partition coefficient (Wildman–Crippen LogP) is 6.75. The van der Waals surface area contributed by atoms with Crippen LogP contribution in [0, 0.1) is 5.82 Å². The van der Waals surface area contributed by atoms with Crippen LogP contribution in [0.1, 0.15) is 26.3 Å². The Balaban J connectivity index is 1.60. The highest BCUT2D eigenvalue weighted by Crippen LogP contribution is 2.43. The lowest BCUT2D eigenvalue weighted by Gasteiger charge is -2.49. The molecule has 2 heterocycles. The van der Waals surface area contributed by atoms with Crippen LogP contribution in [-0.2, 0) is 20.9 Å². The van der Waals surface area contributed by atoms with E-state index in [1.165, 1.54) is 17.0 Å². The molecular formula is C30H29F6N3O5S. The van der Waals surface area contributed by atoms with Gasteiger partial charge >= 0.3 is 18.9 Å². The topological polar surface area (TPSA) is 79.4 Å². The molecule has 242 valence electrons. The average molecular weight is 658 g/mol. The van der Waals surface area contributed by atoms with E-state index in [0.29, 0.717) is 11.8 Å². The zero-order valence-corrected chi connectivity index (χ0v) is 25.1. The van der Waals surface area contributed by atoms with E-state index < -0.39 is 62.6 Å². The Morgan fingerprint density at radius 3 is 2.31 bits per heavy atom. The molecule has 0 radical (unpaired) electrons. The second-order valence-corrected chi connectivity index (χ2v) is 13.5. The van der Waals surface area contributed by atoms with Crippen LogP contribution < -0.4 is 13.9 Å². The lowest BCUT2D eigenvalue weighted by molar-refractivity contribution is -0.137. The van der Waals surface area contributed by atoms with E-state index in [0.717, 1.165) is 40.7 Å². The second-order valence-electron chi connectivity index (χ2n) is 11.6. The summed E-state index contributed by atoms with van der Waals surface area (Å²) in [5.74, 6) is -1.34. The molecule has 0 spiro atoms. The van der Waals surface area contributed by atoms with Crippen LogP contribution >= 0.6 is 0 Å². The molecule has 3 aromatic carbocycles. The van der Waals surface area contributed by atoms with Gasteiger partial charge in [0, 0.05) is 25.7 Å².